The molecule has 1 aliphatic heterocycles. The average molecular weight is 224 g/mol. The van der Waals surface area contributed by atoms with Crippen LogP contribution in [0.2, 0.25) is 0 Å². The van der Waals surface area contributed by atoms with Gasteiger partial charge in [-0.2, -0.15) is 0 Å². The molecule has 1 unspecified atom stereocenters. The Morgan fingerprint density at radius 2 is 2.27 bits per heavy atom. The van der Waals surface area contributed by atoms with Gasteiger partial charge in [-0.1, -0.05) is 30.3 Å². The molecular weight excluding hydrogens is 212 g/mol. The van der Waals surface area contributed by atoms with Gasteiger partial charge >= 0.3 is 5.97 Å². The zero-order valence-corrected chi connectivity index (χ0v) is 9.03. The van der Waals surface area contributed by atoms with E-state index in [1.165, 1.54) is 0 Å². The number of benzene rings is 1. The lowest BCUT2D eigenvalue weighted by Crippen LogP contribution is -2.24. The monoisotopic (exact) mass is 224 g/mol. The van der Waals surface area contributed by atoms with Gasteiger partial charge in [-0.15, -0.1) is 11.8 Å². The van der Waals surface area contributed by atoms with Crippen molar-refractivity contribution in [2.45, 2.75) is 12.7 Å². The molecule has 2 rings (SSSR count). The molecule has 3 nitrogen and oxygen atoms in total. The first-order valence-electron chi connectivity index (χ1n) is 4.76. The van der Waals surface area contributed by atoms with Gasteiger partial charge in [0, 0.05) is 5.75 Å². The summed E-state index contributed by atoms with van der Waals surface area (Å²) in [5, 5.41) is 0. The number of carbonyl (C=O) groups excluding carboxylic acids is 1. The van der Waals surface area contributed by atoms with Crippen LogP contribution >= 0.6 is 11.8 Å². The highest BCUT2D eigenvalue weighted by Crippen LogP contribution is 2.17. The minimum absolute atomic E-state index is 0.260. The van der Waals surface area contributed by atoms with Crippen LogP contribution in [0.4, 0.5) is 0 Å². The number of rotatable bonds is 3. The van der Waals surface area contributed by atoms with Crippen molar-refractivity contribution in [2.24, 2.45) is 0 Å². The van der Waals surface area contributed by atoms with Crippen molar-refractivity contribution >= 4 is 17.7 Å². The summed E-state index contributed by atoms with van der Waals surface area (Å²) in [6.45, 7) is 0.324. The minimum atomic E-state index is -0.376. The zero-order chi connectivity index (χ0) is 10.5. The van der Waals surface area contributed by atoms with E-state index in [1.807, 2.05) is 30.3 Å². The molecule has 4 heteroatoms. The van der Waals surface area contributed by atoms with Crippen LogP contribution in [-0.4, -0.2) is 23.8 Å². The maximum atomic E-state index is 11.5. The smallest absolute Gasteiger partial charge is 0.336 e. The molecule has 1 aliphatic rings. The number of thioether (sulfide) groups is 1. The zero-order valence-electron chi connectivity index (χ0n) is 8.22. The minimum Gasteiger partial charge on any atom is -0.459 e. The summed E-state index contributed by atoms with van der Waals surface area (Å²) >= 11 is 1.61. The normalized spacial score (nSPS) is 20.1. The number of hydrogen-bond donors (Lipinski definition) is 0. The topological polar surface area (TPSA) is 35.5 Å². The molecule has 0 spiro atoms. The van der Waals surface area contributed by atoms with E-state index in [4.69, 9.17) is 9.47 Å². The van der Waals surface area contributed by atoms with E-state index in [2.05, 4.69) is 0 Å². The fourth-order valence-electron chi connectivity index (χ4n) is 1.29. The van der Waals surface area contributed by atoms with Crippen molar-refractivity contribution in [3.63, 3.8) is 0 Å². The van der Waals surface area contributed by atoms with Crippen LogP contribution in [0.3, 0.4) is 0 Å². The van der Waals surface area contributed by atoms with Crippen LogP contribution in [0, 0.1) is 0 Å². The van der Waals surface area contributed by atoms with Gasteiger partial charge in [-0.3, -0.25) is 0 Å². The van der Waals surface area contributed by atoms with Crippen molar-refractivity contribution < 1.29 is 14.3 Å². The van der Waals surface area contributed by atoms with Gasteiger partial charge in [0.05, 0.1) is 5.94 Å². The average Bonchev–Trinajstić information content (AvgIpc) is 2.81. The van der Waals surface area contributed by atoms with Crippen molar-refractivity contribution in [3.05, 3.63) is 35.9 Å². The fraction of sp³-hybridized carbons (Fsp3) is 0.364. The maximum Gasteiger partial charge on any atom is 0.336 e. The summed E-state index contributed by atoms with van der Waals surface area (Å²) in [5.41, 5.74) is 0.997. The summed E-state index contributed by atoms with van der Waals surface area (Å²) in [5.74, 6) is 1.03. The van der Waals surface area contributed by atoms with E-state index < -0.39 is 0 Å². The molecule has 80 valence electrons. The lowest BCUT2D eigenvalue weighted by molar-refractivity contribution is -0.154. The lowest BCUT2D eigenvalue weighted by Gasteiger charge is -2.08. The maximum absolute atomic E-state index is 11.5. The second-order valence-electron chi connectivity index (χ2n) is 3.24. The molecule has 0 bridgehead atoms. The number of ether oxygens (including phenoxy) is 2. The Hall–Kier alpha value is -1.00. The first kappa shape index (κ1) is 10.5. The second kappa shape index (κ2) is 5.19. The summed E-state index contributed by atoms with van der Waals surface area (Å²) in [6.07, 6.45) is -0.376. The van der Waals surface area contributed by atoms with Crippen molar-refractivity contribution in [1.82, 2.24) is 0 Å². The van der Waals surface area contributed by atoms with Crippen LogP contribution < -0.4 is 0 Å². The SMILES string of the molecule is O=C(OCc1ccccc1)C1CSCO1. The van der Waals surface area contributed by atoms with E-state index in [0.717, 1.165) is 5.56 Å². The molecule has 0 aliphatic carbocycles. The van der Waals surface area contributed by atoms with Gasteiger partial charge in [0.2, 0.25) is 0 Å². The predicted octanol–water partition coefficient (Wildman–Crippen LogP) is 1.82. The Morgan fingerprint density at radius 3 is 2.93 bits per heavy atom. The molecule has 0 N–H and O–H groups in total. The van der Waals surface area contributed by atoms with Crippen LogP contribution in [-0.2, 0) is 20.9 Å². The van der Waals surface area contributed by atoms with Gasteiger partial charge in [-0.05, 0) is 5.56 Å². The predicted molar refractivity (Wildman–Crippen MR) is 58.4 cm³/mol. The summed E-state index contributed by atoms with van der Waals surface area (Å²) in [7, 11) is 0. The molecular formula is C11H12O3S. The fourth-order valence-corrected chi connectivity index (χ4v) is 2.09. The molecule has 1 aromatic rings. The molecule has 0 radical (unpaired) electrons. The molecule has 0 saturated carbocycles. The number of esters is 1. The van der Waals surface area contributed by atoms with Crippen molar-refractivity contribution in [3.8, 4) is 0 Å². The van der Waals surface area contributed by atoms with E-state index in [9.17, 15) is 4.79 Å². The van der Waals surface area contributed by atoms with Gasteiger partial charge in [0.15, 0.2) is 6.10 Å². The molecule has 1 atom stereocenters. The standard InChI is InChI=1S/C11H12O3S/c12-11(10-7-15-8-14-10)13-6-9-4-2-1-3-5-9/h1-5,10H,6-8H2. The Balaban J connectivity index is 1.80. The van der Waals surface area contributed by atoms with E-state index in [-0.39, 0.29) is 12.1 Å². The Morgan fingerprint density at radius 1 is 1.47 bits per heavy atom. The van der Waals surface area contributed by atoms with Gasteiger partial charge in [0.25, 0.3) is 0 Å². The quantitative estimate of drug-likeness (QED) is 0.734. The molecule has 0 aromatic heterocycles. The molecule has 1 saturated heterocycles. The highest BCUT2D eigenvalue weighted by molar-refractivity contribution is 7.99. The van der Waals surface area contributed by atoms with Crippen molar-refractivity contribution in [2.75, 3.05) is 11.7 Å². The van der Waals surface area contributed by atoms with E-state index in [0.29, 0.717) is 18.3 Å². The van der Waals surface area contributed by atoms with Gasteiger partial charge < -0.3 is 9.47 Å². The summed E-state index contributed by atoms with van der Waals surface area (Å²) < 4.78 is 10.3. The van der Waals surface area contributed by atoms with E-state index >= 15 is 0 Å². The van der Waals surface area contributed by atoms with Crippen LogP contribution in [0.15, 0.2) is 30.3 Å². The highest BCUT2D eigenvalue weighted by atomic mass is 32.2. The van der Waals surface area contributed by atoms with Crippen LogP contribution in [0.5, 0.6) is 0 Å². The van der Waals surface area contributed by atoms with Crippen molar-refractivity contribution in [1.29, 1.82) is 0 Å². The molecule has 15 heavy (non-hydrogen) atoms. The molecule has 1 fully saturated rings. The molecule has 1 aromatic carbocycles. The van der Waals surface area contributed by atoms with Crippen LogP contribution in [0.1, 0.15) is 5.56 Å². The Labute approximate surface area is 92.8 Å². The molecule has 0 amide bonds. The number of hydrogen-bond acceptors (Lipinski definition) is 4. The summed E-state index contributed by atoms with van der Waals surface area (Å²) in [6, 6.07) is 9.63. The number of carbonyl (C=O) groups is 1. The van der Waals surface area contributed by atoms with Gasteiger partial charge in [0.1, 0.15) is 6.61 Å². The Bertz CT molecular complexity index is 320. The third-order valence-corrected chi connectivity index (χ3v) is 2.95. The second-order valence-corrected chi connectivity index (χ2v) is 4.21. The first-order chi connectivity index (χ1) is 7.36. The third kappa shape index (κ3) is 2.97. The van der Waals surface area contributed by atoms with E-state index in [1.54, 1.807) is 11.8 Å². The third-order valence-electron chi connectivity index (χ3n) is 2.11. The molecule has 1 heterocycles. The summed E-state index contributed by atoms with van der Waals surface area (Å²) in [4.78, 5) is 11.5. The largest absolute Gasteiger partial charge is 0.459 e. The van der Waals surface area contributed by atoms with Gasteiger partial charge in [-0.25, -0.2) is 4.79 Å². The highest BCUT2D eigenvalue weighted by Gasteiger charge is 2.25. The first-order valence-corrected chi connectivity index (χ1v) is 5.91. The Kier molecular flexibility index (Phi) is 3.64. The van der Waals surface area contributed by atoms with Crippen LogP contribution in [0.25, 0.3) is 0 Å². The lowest BCUT2D eigenvalue weighted by atomic mass is 10.2.